The average Bonchev–Trinajstić information content (AvgIpc) is 3.05. The second-order valence-electron chi connectivity index (χ2n) is 7.11. The van der Waals surface area contributed by atoms with Crippen molar-refractivity contribution in [1.82, 2.24) is 14.7 Å². The summed E-state index contributed by atoms with van der Waals surface area (Å²) in [5, 5.41) is 7.48. The van der Waals surface area contributed by atoms with Gasteiger partial charge in [-0.1, -0.05) is 31.5 Å². The van der Waals surface area contributed by atoms with Crippen LogP contribution in [0.2, 0.25) is 0 Å². The van der Waals surface area contributed by atoms with Gasteiger partial charge in [-0.2, -0.15) is 5.10 Å². The van der Waals surface area contributed by atoms with Crippen LogP contribution in [0.5, 0.6) is 0 Å². The molecule has 0 bridgehead atoms. The minimum atomic E-state index is -0.443. The molecule has 1 aliphatic heterocycles. The second kappa shape index (κ2) is 8.84. The van der Waals surface area contributed by atoms with Crippen molar-refractivity contribution in [3.63, 3.8) is 0 Å². The number of unbranched alkanes of at least 4 members (excludes halogenated alkanes) is 1. The van der Waals surface area contributed by atoms with E-state index in [-0.39, 0.29) is 11.8 Å². The lowest BCUT2D eigenvalue weighted by Gasteiger charge is -2.34. The Hall–Kier alpha value is -2.63. The topological polar surface area (TPSA) is 67.2 Å². The molecule has 27 heavy (non-hydrogen) atoms. The third-order valence-electron chi connectivity index (χ3n) is 4.96. The molecule has 0 saturated carbocycles. The number of aromatic nitrogens is 2. The quantitative estimate of drug-likeness (QED) is 0.847. The third kappa shape index (κ3) is 4.56. The molecule has 6 heteroatoms. The van der Waals surface area contributed by atoms with Crippen molar-refractivity contribution >= 4 is 17.6 Å². The van der Waals surface area contributed by atoms with E-state index in [1.807, 2.05) is 35.9 Å². The Morgan fingerprint density at radius 3 is 2.74 bits per heavy atom. The maximum absolute atomic E-state index is 13.0. The Balaban J connectivity index is 1.75. The molecule has 1 N–H and O–H groups in total. The van der Waals surface area contributed by atoms with Crippen LogP contribution in [0.4, 0.5) is 5.82 Å². The number of rotatable bonds is 6. The normalized spacial score (nSPS) is 17.0. The molecular weight excluding hydrogens is 340 g/mol. The Morgan fingerprint density at radius 1 is 1.22 bits per heavy atom. The SMILES string of the molecule is CCCCn1nc(C)cc1NC(=O)C1CCCCN1C(=O)c1ccccc1. The van der Waals surface area contributed by atoms with Gasteiger partial charge in [-0.05, 0) is 44.7 Å². The van der Waals surface area contributed by atoms with Gasteiger partial charge in [-0.15, -0.1) is 0 Å². The summed E-state index contributed by atoms with van der Waals surface area (Å²) in [5.41, 5.74) is 1.50. The molecule has 1 fully saturated rings. The monoisotopic (exact) mass is 368 g/mol. The van der Waals surface area contributed by atoms with Crippen molar-refractivity contribution in [2.45, 2.75) is 58.5 Å². The number of carbonyl (C=O) groups excluding carboxylic acids is 2. The van der Waals surface area contributed by atoms with E-state index < -0.39 is 6.04 Å². The molecule has 0 spiro atoms. The Labute approximate surface area is 160 Å². The summed E-state index contributed by atoms with van der Waals surface area (Å²) >= 11 is 0. The van der Waals surface area contributed by atoms with E-state index in [9.17, 15) is 9.59 Å². The zero-order valence-electron chi connectivity index (χ0n) is 16.1. The summed E-state index contributed by atoms with van der Waals surface area (Å²) in [4.78, 5) is 27.6. The molecule has 3 rings (SSSR count). The van der Waals surface area contributed by atoms with Crippen LogP contribution < -0.4 is 5.32 Å². The lowest BCUT2D eigenvalue weighted by Crippen LogP contribution is -2.50. The summed E-state index contributed by atoms with van der Waals surface area (Å²) in [6.45, 7) is 5.44. The highest BCUT2D eigenvalue weighted by Crippen LogP contribution is 2.22. The Kier molecular flexibility index (Phi) is 6.27. The van der Waals surface area contributed by atoms with Crippen LogP contribution in [0, 0.1) is 6.92 Å². The number of nitrogens with one attached hydrogen (secondary N) is 1. The van der Waals surface area contributed by atoms with Gasteiger partial charge in [-0.3, -0.25) is 9.59 Å². The van der Waals surface area contributed by atoms with E-state index >= 15 is 0 Å². The van der Waals surface area contributed by atoms with Crippen LogP contribution >= 0.6 is 0 Å². The van der Waals surface area contributed by atoms with E-state index in [0.29, 0.717) is 24.3 Å². The van der Waals surface area contributed by atoms with Gasteiger partial charge < -0.3 is 10.2 Å². The number of nitrogens with zero attached hydrogens (tertiary/aromatic N) is 3. The largest absolute Gasteiger partial charge is 0.327 e. The summed E-state index contributed by atoms with van der Waals surface area (Å²) in [6.07, 6.45) is 4.63. The van der Waals surface area contributed by atoms with E-state index in [0.717, 1.165) is 37.9 Å². The van der Waals surface area contributed by atoms with Crippen molar-refractivity contribution in [1.29, 1.82) is 0 Å². The van der Waals surface area contributed by atoms with Crippen LogP contribution in [0.1, 0.15) is 55.1 Å². The summed E-state index contributed by atoms with van der Waals surface area (Å²) in [6, 6.07) is 10.6. The number of hydrogen-bond acceptors (Lipinski definition) is 3. The lowest BCUT2D eigenvalue weighted by molar-refractivity contribution is -0.121. The lowest BCUT2D eigenvalue weighted by atomic mass is 10.00. The van der Waals surface area contributed by atoms with E-state index in [1.165, 1.54) is 0 Å². The predicted octanol–water partition coefficient (Wildman–Crippen LogP) is 3.63. The van der Waals surface area contributed by atoms with E-state index in [1.54, 1.807) is 17.0 Å². The fourth-order valence-electron chi connectivity index (χ4n) is 3.53. The molecule has 6 nitrogen and oxygen atoms in total. The van der Waals surface area contributed by atoms with Gasteiger partial charge >= 0.3 is 0 Å². The Bertz CT molecular complexity index is 785. The summed E-state index contributed by atoms with van der Waals surface area (Å²) < 4.78 is 1.85. The highest BCUT2D eigenvalue weighted by molar-refractivity contribution is 6.01. The predicted molar refractivity (Wildman–Crippen MR) is 106 cm³/mol. The van der Waals surface area contributed by atoms with Gasteiger partial charge in [0.2, 0.25) is 5.91 Å². The van der Waals surface area contributed by atoms with Crippen molar-refractivity contribution in [3.8, 4) is 0 Å². The molecule has 1 aromatic carbocycles. The molecule has 2 amide bonds. The van der Waals surface area contributed by atoms with E-state index in [2.05, 4.69) is 17.3 Å². The Morgan fingerprint density at radius 2 is 2.00 bits per heavy atom. The third-order valence-corrected chi connectivity index (χ3v) is 4.96. The molecule has 1 aromatic heterocycles. The minimum Gasteiger partial charge on any atom is -0.327 e. The first-order valence-corrected chi connectivity index (χ1v) is 9.81. The van der Waals surface area contributed by atoms with Crippen LogP contribution in [-0.2, 0) is 11.3 Å². The summed E-state index contributed by atoms with van der Waals surface area (Å²) in [7, 11) is 0. The van der Waals surface area contributed by atoms with Crippen LogP contribution in [0.3, 0.4) is 0 Å². The van der Waals surface area contributed by atoms with Gasteiger partial charge in [-0.25, -0.2) is 4.68 Å². The molecule has 1 saturated heterocycles. The van der Waals surface area contributed by atoms with Gasteiger partial charge in [0, 0.05) is 24.7 Å². The number of amides is 2. The fraction of sp³-hybridized carbons (Fsp3) is 0.476. The number of piperidine rings is 1. The zero-order valence-corrected chi connectivity index (χ0v) is 16.1. The summed E-state index contributed by atoms with van der Waals surface area (Å²) in [5.74, 6) is 0.506. The average molecular weight is 368 g/mol. The molecule has 2 heterocycles. The van der Waals surface area contributed by atoms with Gasteiger partial charge in [0.15, 0.2) is 0 Å². The number of hydrogen-bond donors (Lipinski definition) is 1. The molecule has 0 radical (unpaired) electrons. The maximum atomic E-state index is 13.0. The number of aryl methyl sites for hydroxylation is 2. The van der Waals surface area contributed by atoms with Crippen LogP contribution in [0.25, 0.3) is 0 Å². The molecule has 2 aromatic rings. The maximum Gasteiger partial charge on any atom is 0.254 e. The minimum absolute atomic E-state index is 0.0777. The van der Waals surface area contributed by atoms with Crippen LogP contribution in [0.15, 0.2) is 36.4 Å². The van der Waals surface area contributed by atoms with Gasteiger partial charge in [0.1, 0.15) is 11.9 Å². The first-order valence-electron chi connectivity index (χ1n) is 9.81. The second-order valence-corrected chi connectivity index (χ2v) is 7.11. The van der Waals surface area contributed by atoms with Gasteiger partial charge in [0.05, 0.1) is 5.69 Å². The molecule has 0 aliphatic carbocycles. The van der Waals surface area contributed by atoms with Crippen molar-refractivity contribution in [3.05, 3.63) is 47.7 Å². The standard InChI is InChI=1S/C21H28N4O2/c1-3-4-14-25-19(15-16(2)23-25)22-20(26)18-12-8-9-13-24(18)21(27)17-10-6-5-7-11-17/h5-7,10-11,15,18H,3-4,8-9,12-14H2,1-2H3,(H,22,26). The molecule has 1 atom stereocenters. The van der Waals surface area contributed by atoms with E-state index in [4.69, 9.17) is 0 Å². The first-order chi connectivity index (χ1) is 13.1. The smallest absolute Gasteiger partial charge is 0.254 e. The first kappa shape index (κ1) is 19.1. The number of carbonyl (C=O) groups is 2. The molecule has 144 valence electrons. The number of likely N-dealkylation sites (tertiary alicyclic amines) is 1. The van der Waals surface area contributed by atoms with Crippen molar-refractivity contribution in [2.24, 2.45) is 0 Å². The number of anilines is 1. The highest BCUT2D eigenvalue weighted by atomic mass is 16.2. The van der Waals surface area contributed by atoms with Gasteiger partial charge in [0.25, 0.3) is 5.91 Å². The highest BCUT2D eigenvalue weighted by Gasteiger charge is 2.33. The molecular formula is C21H28N4O2. The molecule has 1 aliphatic rings. The molecule has 1 unspecified atom stereocenters. The number of benzene rings is 1. The zero-order chi connectivity index (χ0) is 19.2. The van der Waals surface area contributed by atoms with Crippen molar-refractivity contribution < 1.29 is 9.59 Å². The van der Waals surface area contributed by atoms with Crippen LogP contribution in [-0.4, -0.2) is 39.1 Å². The van der Waals surface area contributed by atoms with Crippen molar-refractivity contribution in [2.75, 3.05) is 11.9 Å². The fourth-order valence-corrected chi connectivity index (χ4v) is 3.53.